The van der Waals surface area contributed by atoms with Crippen LogP contribution in [-0.4, -0.2) is 55.3 Å². The van der Waals surface area contributed by atoms with Crippen molar-refractivity contribution in [1.29, 1.82) is 0 Å². The lowest BCUT2D eigenvalue weighted by atomic mass is 10.0. The Morgan fingerprint density at radius 3 is 2.06 bits per heavy atom. The monoisotopic (exact) mass is 476 g/mol. The highest BCUT2D eigenvalue weighted by atomic mass is 16.5. The normalized spacial score (nSPS) is 13.7. The molecule has 1 aromatic carbocycles. The predicted octanol–water partition coefficient (Wildman–Crippen LogP) is 1.33. The Kier molecular flexibility index (Phi) is 12.3. The molecule has 0 aliphatic rings. The maximum atomic E-state index is 13.2. The number of nitrogens with one attached hydrogen (secondary N) is 3. The SMILES string of the molecule is COc1ccc(C[C@H](NC(=O)CC(C)C)C(=O)N[C@H](C(=O)NCCC(=O)C(C)N)C(C)C)cc1. The van der Waals surface area contributed by atoms with Crippen molar-refractivity contribution in [2.75, 3.05) is 13.7 Å². The summed E-state index contributed by atoms with van der Waals surface area (Å²) in [6, 6.07) is 4.96. The fraction of sp³-hybridized carbons (Fsp3) is 0.600. The number of nitrogens with two attached hydrogens (primary N) is 1. The van der Waals surface area contributed by atoms with Gasteiger partial charge < -0.3 is 26.4 Å². The Balaban J connectivity index is 2.92. The van der Waals surface area contributed by atoms with Crippen molar-refractivity contribution < 1.29 is 23.9 Å². The molecule has 0 aliphatic carbocycles. The molecule has 1 rings (SSSR count). The first-order valence-corrected chi connectivity index (χ1v) is 11.7. The van der Waals surface area contributed by atoms with E-state index in [9.17, 15) is 19.2 Å². The second-order valence-corrected chi connectivity index (χ2v) is 9.30. The summed E-state index contributed by atoms with van der Waals surface area (Å²) in [5.74, 6) is -0.612. The Morgan fingerprint density at radius 1 is 0.941 bits per heavy atom. The van der Waals surface area contributed by atoms with Crippen LogP contribution in [0.25, 0.3) is 0 Å². The van der Waals surface area contributed by atoms with Crippen LogP contribution in [0.4, 0.5) is 0 Å². The molecular weight excluding hydrogens is 436 g/mol. The van der Waals surface area contributed by atoms with Gasteiger partial charge in [-0.05, 0) is 36.5 Å². The molecule has 190 valence electrons. The summed E-state index contributed by atoms with van der Waals surface area (Å²) in [5.41, 5.74) is 6.39. The van der Waals surface area contributed by atoms with E-state index in [4.69, 9.17) is 10.5 Å². The molecule has 3 amide bonds. The van der Waals surface area contributed by atoms with Gasteiger partial charge in [0.2, 0.25) is 17.7 Å². The number of ketones is 1. The summed E-state index contributed by atoms with van der Waals surface area (Å²) < 4.78 is 5.17. The van der Waals surface area contributed by atoms with Crippen LogP contribution in [0.15, 0.2) is 24.3 Å². The van der Waals surface area contributed by atoms with Crippen LogP contribution < -0.4 is 26.4 Å². The zero-order chi connectivity index (χ0) is 25.8. The van der Waals surface area contributed by atoms with Crippen molar-refractivity contribution in [3.05, 3.63) is 29.8 Å². The van der Waals surface area contributed by atoms with Crippen LogP contribution in [0, 0.1) is 11.8 Å². The molecule has 0 saturated carbocycles. The van der Waals surface area contributed by atoms with E-state index in [0.29, 0.717) is 5.75 Å². The molecule has 1 aromatic rings. The van der Waals surface area contributed by atoms with E-state index in [1.165, 1.54) is 0 Å². The number of ether oxygens (including phenoxy) is 1. The van der Waals surface area contributed by atoms with Crippen LogP contribution in [0.5, 0.6) is 5.75 Å². The summed E-state index contributed by atoms with van der Waals surface area (Å²) in [5, 5.41) is 8.28. The molecule has 0 heterocycles. The number of hydrogen-bond donors (Lipinski definition) is 4. The zero-order valence-electron chi connectivity index (χ0n) is 21.1. The Labute approximate surface area is 202 Å². The van der Waals surface area contributed by atoms with Crippen molar-refractivity contribution in [2.45, 2.75) is 72.0 Å². The molecule has 0 aromatic heterocycles. The quantitative estimate of drug-likeness (QED) is 0.319. The first-order valence-electron chi connectivity index (χ1n) is 11.7. The summed E-state index contributed by atoms with van der Waals surface area (Å²) in [6.07, 6.45) is 0.663. The van der Waals surface area contributed by atoms with Gasteiger partial charge >= 0.3 is 0 Å². The highest BCUT2D eigenvalue weighted by molar-refractivity contribution is 5.92. The number of Topliss-reactive ketones (excluding diaryl/α,β-unsaturated/α-hetero) is 1. The number of methoxy groups -OCH3 is 1. The summed E-state index contributed by atoms with van der Waals surface area (Å²) in [7, 11) is 1.57. The van der Waals surface area contributed by atoms with Crippen LogP contribution in [0.1, 0.15) is 53.0 Å². The second kappa shape index (κ2) is 14.3. The van der Waals surface area contributed by atoms with Gasteiger partial charge in [-0.3, -0.25) is 19.2 Å². The lowest BCUT2D eigenvalue weighted by Gasteiger charge is -2.25. The van der Waals surface area contributed by atoms with Crippen molar-refractivity contribution in [3.8, 4) is 5.75 Å². The fourth-order valence-corrected chi connectivity index (χ4v) is 3.27. The molecule has 9 nitrogen and oxygen atoms in total. The minimum Gasteiger partial charge on any atom is -0.497 e. The smallest absolute Gasteiger partial charge is 0.243 e. The Morgan fingerprint density at radius 2 is 1.56 bits per heavy atom. The minimum absolute atomic E-state index is 0.119. The number of carbonyl (C=O) groups excluding carboxylic acids is 4. The van der Waals surface area contributed by atoms with Gasteiger partial charge in [0.05, 0.1) is 13.2 Å². The standard InChI is InChI=1S/C25H40N4O5/c1-15(2)13-22(31)28-20(14-18-7-9-19(34-6)10-8-18)24(32)29-23(16(3)4)25(33)27-12-11-21(30)17(5)26/h7-10,15-17,20,23H,11-14,26H2,1-6H3,(H,27,33)(H,28,31)(H,29,32)/t17?,20-,23-/m0/s1. The average molecular weight is 477 g/mol. The number of benzene rings is 1. The van der Waals surface area contributed by atoms with Crippen LogP contribution in [0.3, 0.4) is 0 Å². The van der Waals surface area contributed by atoms with Gasteiger partial charge in [-0.2, -0.15) is 0 Å². The molecule has 5 N–H and O–H groups in total. The third kappa shape index (κ3) is 10.3. The molecule has 9 heteroatoms. The first kappa shape index (κ1) is 29.1. The van der Waals surface area contributed by atoms with Crippen molar-refractivity contribution in [3.63, 3.8) is 0 Å². The summed E-state index contributed by atoms with van der Waals surface area (Å²) in [6.45, 7) is 9.21. The second-order valence-electron chi connectivity index (χ2n) is 9.30. The molecule has 1 unspecified atom stereocenters. The van der Waals surface area contributed by atoms with Gasteiger partial charge in [0.15, 0.2) is 5.78 Å². The molecule has 0 spiro atoms. The lowest BCUT2D eigenvalue weighted by Crippen LogP contribution is -2.56. The first-order chi connectivity index (χ1) is 15.9. The molecule has 0 fully saturated rings. The van der Waals surface area contributed by atoms with Crippen LogP contribution in [-0.2, 0) is 25.6 Å². The van der Waals surface area contributed by atoms with E-state index in [1.54, 1.807) is 26.2 Å². The third-order valence-electron chi connectivity index (χ3n) is 5.27. The van der Waals surface area contributed by atoms with E-state index < -0.39 is 29.9 Å². The minimum atomic E-state index is -0.853. The molecule has 0 bridgehead atoms. The van der Waals surface area contributed by atoms with Gasteiger partial charge in [-0.25, -0.2) is 0 Å². The van der Waals surface area contributed by atoms with E-state index in [2.05, 4.69) is 16.0 Å². The van der Waals surface area contributed by atoms with Gasteiger partial charge in [-0.15, -0.1) is 0 Å². The Hall–Kier alpha value is -2.94. The summed E-state index contributed by atoms with van der Waals surface area (Å²) in [4.78, 5) is 50.0. The van der Waals surface area contributed by atoms with Crippen molar-refractivity contribution in [2.24, 2.45) is 17.6 Å². The van der Waals surface area contributed by atoms with E-state index >= 15 is 0 Å². The topological polar surface area (TPSA) is 140 Å². The molecule has 34 heavy (non-hydrogen) atoms. The number of rotatable bonds is 14. The van der Waals surface area contributed by atoms with Gasteiger partial charge in [0.1, 0.15) is 17.8 Å². The maximum absolute atomic E-state index is 13.2. The molecular formula is C25H40N4O5. The zero-order valence-corrected chi connectivity index (χ0v) is 21.1. The molecule has 0 saturated heterocycles. The van der Waals surface area contributed by atoms with Crippen LogP contribution >= 0.6 is 0 Å². The number of carbonyl (C=O) groups is 4. The third-order valence-corrected chi connectivity index (χ3v) is 5.27. The molecule has 0 radical (unpaired) electrons. The molecule has 0 aliphatic heterocycles. The van der Waals surface area contributed by atoms with Crippen molar-refractivity contribution in [1.82, 2.24) is 16.0 Å². The van der Waals surface area contributed by atoms with E-state index in [1.807, 2.05) is 39.8 Å². The average Bonchev–Trinajstić information content (AvgIpc) is 2.76. The van der Waals surface area contributed by atoms with Gasteiger partial charge in [-0.1, -0.05) is 39.8 Å². The highest BCUT2D eigenvalue weighted by Gasteiger charge is 2.29. The number of amides is 3. The predicted molar refractivity (Wildman–Crippen MR) is 131 cm³/mol. The Bertz CT molecular complexity index is 821. The van der Waals surface area contributed by atoms with Crippen molar-refractivity contribution >= 4 is 23.5 Å². The van der Waals surface area contributed by atoms with E-state index in [0.717, 1.165) is 5.56 Å². The summed E-state index contributed by atoms with van der Waals surface area (Å²) >= 11 is 0. The van der Waals surface area contributed by atoms with Gasteiger partial charge in [0, 0.05) is 25.8 Å². The van der Waals surface area contributed by atoms with E-state index in [-0.39, 0.29) is 49.3 Å². The van der Waals surface area contributed by atoms with Crippen LogP contribution in [0.2, 0.25) is 0 Å². The largest absolute Gasteiger partial charge is 0.497 e. The van der Waals surface area contributed by atoms with Gasteiger partial charge in [0.25, 0.3) is 0 Å². The fourth-order valence-electron chi connectivity index (χ4n) is 3.27. The maximum Gasteiger partial charge on any atom is 0.243 e. The highest BCUT2D eigenvalue weighted by Crippen LogP contribution is 2.14. The number of hydrogen-bond acceptors (Lipinski definition) is 6. The molecule has 3 atom stereocenters. The lowest BCUT2D eigenvalue weighted by molar-refractivity contribution is -0.133.